The van der Waals surface area contributed by atoms with Crippen molar-refractivity contribution < 1.29 is 103 Å². The molecule has 23 heteroatoms. The molecule has 0 radical (unpaired) electrons. The summed E-state index contributed by atoms with van der Waals surface area (Å²) >= 11 is 0. The van der Waals surface area contributed by atoms with E-state index in [1.807, 2.05) is 9.47 Å². The van der Waals surface area contributed by atoms with E-state index >= 15 is 0 Å². The minimum absolute atomic E-state index is 1.44. The van der Waals surface area contributed by atoms with Gasteiger partial charge >= 0.3 is 60.6 Å². The molecule has 1 saturated heterocycles. The lowest BCUT2D eigenvalue weighted by Gasteiger charge is -2.35. The van der Waals surface area contributed by atoms with E-state index in [0.29, 0.717) is 0 Å². The number of alkyl halides is 18. The lowest BCUT2D eigenvalue weighted by atomic mass is 10.2. The number of halogens is 18. The molecule has 5 nitrogen and oxygen atoms in total. The van der Waals surface area contributed by atoms with Crippen molar-refractivity contribution in [1.29, 1.82) is 0 Å². The van der Waals surface area contributed by atoms with Crippen LogP contribution in [0.5, 0.6) is 0 Å². The molecule has 0 aromatic carbocycles. The maximum atomic E-state index is 13.7. The largest absolute Gasteiger partial charge is 0.493 e. The highest BCUT2D eigenvalue weighted by Crippen LogP contribution is 2.57. The van der Waals surface area contributed by atoms with Crippen LogP contribution in [0.25, 0.3) is 0 Å². The Morgan fingerprint density at radius 1 is 0.667 bits per heavy atom. The van der Waals surface area contributed by atoms with E-state index < -0.39 is 60.6 Å². The number of carbonyl (C=O) groups is 1. The fourth-order valence-electron chi connectivity index (χ4n) is 1.56. The summed E-state index contributed by atoms with van der Waals surface area (Å²) in [6.07, 6.45) is -43.0. The zero-order chi connectivity index (χ0) is 26.9. The number of esters is 1. The summed E-state index contributed by atoms with van der Waals surface area (Å²) in [7, 11) is 0. The van der Waals surface area contributed by atoms with Crippen LogP contribution in [0.2, 0.25) is 0 Å². The molecule has 0 aromatic rings. The van der Waals surface area contributed by atoms with E-state index in [4.69, 9.17) is 0 Å². The Labute approximate surface area is 165 Å². The molecule has 0 saturated carbocycles. The molecule has 2 unspecified atom stereocenters. The van der Waals surface area contributed by atoms with E-state index in [2.05, 4.69) is 4.74 Å². The molecule has 0 N–H and O–H groups in total. The zero-order valence-corrected chi connectivity index (χ0v) is 13.8. The van der Waals surface area contributed by atoms with Gasteiger partial charge in [0.2, 0.25) is 0 Å². The van der Waals surface area contributed by atoms with Crippen molar-refractivity contribution in [3.8, 4) is 0 Å². The number of carbonyl (C=O) groups excluding carboxylic acids is 1. The van der Waals surface area contributed by atoms with Gasteiger partial charge in [0.15, 0.2) is 0 Å². The van der Waals surface area contributed by atoms with Gasteiger partial charge in [-0.1, -0.05) is 0 Å². The molecule has 196 valence electrons. The average molecular weight is 542 g/mol. The van der Waals surface area contributed by atoms with Gasteiger partial charge in [0, 0.05) is 0 Å². The molecule has 1 heterocycles. The van der Waals surface area contributed by atoms with Crippen molar-refractivity contribution in [2.75, 3.05) is 0 Å². The van der Waals surface area contributed by atoms with Gasteiger partial charge in [-0.15, -0.1) is 8.78 Å². The normalized spacial score (nSPS) is 26.1. The lowest BCUT2D eigenvalue weighted by Crippen LogP contribution is -2.64. The number of hydrogen-bond acceptors (Lipinski definition) is 5. The summed E-state index contributed by atoms with van der Waals surface area (Å²) in [5.74, 6) is -27.1. The Morgan fingerprint density at radius 2 is 1.09 bits per heavy atom. The highest BCUT2D eigenvalue weighted by molar-refractivity contribution is 5.79. The fraction of sp³-hybridized carbons (Fsp3) is 0.900. The first-order valence-corrected chi connectivity index (χ1v) is 6.74. The van der Waals surface area contributed by atoms with Crippen LogP contribution in [0.4, 0.5) is 79.0 Å². The smallest absolute Gasteiger partial charge is 0.392 e. The van der Waals surface area contributed by atoms with Crippen LogP contribution in [0, 0.1) is 0 Å². The quantitative estimate of drug-likeness (QED) is 0.349. The van der Waals surface area contributed by atoms with E-state index in [1.54, 1.807) is 0 Å². The Hall–Kier alpha value is -1.91. The Morgan fingerprint density at radius 3 is 1.39 bits per heavy atom. The standard InChI is InChI=1S/C10F18O5/c11-2(5(15,16)17,31-7(21,22)3(12,13)6(18,19)20)1(29)30-8(23,24)4(14)9(25,26)33-10(27,28)32-4. The second kappa shape index (κ2) is 7.29. The summed E-state index contributed by atoms with van der Waals surface area (Å²) in [4.78, 5) is 11.0. The first kappa shape index (κ1) is 29.1. The number of ether oxygens (including phenoxy) is 4. The topological polar surface area (TPSA) is 54.0 Å². The van der Waals surface area contributed by atoms with Crippen LogP contribution in [-0.4, -0.2) is 60.6 Å². The highest BCUT2D eigenvalue weighted by Gasteiger charge is 2.87. The number of hydrogen-bond donors (Lipinski definition) is 0. The van der Waals surface area contributed by atoms with Gasteiger partial charge in [0.1, 0.15) is 0 Å². The van der Waals surface area contributed by atoms with E-state index in [9.17, 15) is 83.8 Å². The Balaban J connectivity index is 3.45. The minimum atomic E-state index is -7.79. The van der Waals surface area contributed by atoms with E-state index in [-0.39, 0.29) is 0 Å². The average Bonchev–Trinajstić information content (AvgIpc) is 2.67. The second-order valence-electron chi connectivity index (χ2n) is 5.47. The second-order valence-corrected chi connectivity index (χ2v) is 5.47. The van der Waals surface area contributed by atoms with Gasteiger partial charge in [0.25, 0.3) is 0 Å². The molecule has 0 aromatic heterocycles. The summed E-state index contributed by atoms with van der Waals surface area (Å²) in [6, 6.07) is 0. The van der Waals surface area contributed by atoms with Gasteiger partial charge in [-0.05, 0) is 0 Å². The highest BCUT2D eigenvalue weighted by atomic mass is 19.4. The predicted molar refractivity (Wildman–Crippen MR) is 53.9 cm³/mol. The summed E-state index contributed by atoms with van der Waals surface area (Å²) in [5.41, 5.74) is 0. The van der Waals surface area contributed by atoms with Crippen LogP contribution in [-0.2, 0) is 23.7 Å². The third kappa shape index (κ3) is 4.57. The van der Waals surface area contributed by atoms with Crippen molar-refractivity contribution in [3.63, 3.8) is 0 Å². The van der Waals surface area contributed by atoms with Crippen molar-refractivity contribution in [2.45, 2.75) is 54.6 Å². The fourth-order valence-corrected chi connectivity index (χ4v) is 1.56. The zero-order valence-electron chi connectivity index (χ0n) is 13.8. The SMILES string of the molecule is O=C(OC(F)(F)C1(F)OC(F)(F)OC1(F)F)C(F)(OC(F)(F)C(F)(F)C(F)(F)F)C(F)(F)F. The molecule has 0 bridgehead atoms. The molecule has 1 fully saturated rings. The van der Waals surface area contributed by atoms with E-state index in [1.165, 1.54) is 4.74 Å². The van der Waals surface area contributed by atoms with Gasteiger partial charge in [-0.3, -0.25) is 4.74 Å². The van der Waals surface area contributed by atoms with Gasteiger partial charge in [0.05, 0.1) is 0 Å². The van der Waals surface area contributed by atoms with Crippen LogP contribution < -0.4 is 0 Å². The predicted octanol–water partition coefficient (Wildman–Crippen LogP) is 5.01. The third-order valence-corrected chi connectivity index (χ3v) is 3.09. The monoisotopic (exact) mass is 542 g/mol. The van der Waals surface area contributed by atoms with Crippen molar-refractivity contribution in [2.24, 2.45) is 0 Å². The first-order chi connectivity index (χ1) is 14.0. The maximum absolute atomic E-state index is 13.7. The molecule has 1 aliphatic rings. The summed E-state index contributed by atoms with van der Waals surface area (Å²) in [5, 5.41) is 0. The van der Waals surface area contributed by atoms with Crippen molar-refractivity contribution in [3.05, 3.63) is 0 Å². The molecule has 0 aliphatic carbocycles. The molecular formula is C10F18O5. The van der Waals surface area contributed by atoms with Gasteiger partial charge < -0.3 is 4.74 Å². The first-order valence-electron chi connectivity index (χ1n) is 6.74. The molecule has 2 atom stereocenters. The van der Waals surface area contributed by atoms with Crippen LogP contribution >= 0.6 is 0 Å². The molecule has 1 rings (SSSR count). The van der Waals surface area contributed by atoms with Crippen LogP contribution in [0.15, 0.2) is 0 Å². The summed E-state index contributed by atoms with van der Waals surface area (Å²) in [6.45, 7) is 0. The van der Waals surface area contributed by atoms with Crippen LogP contribution in [0.1, 0.15) is 0 Å². The lowest BCUT2D eigenvalue weighted by molar-refractivity contribution is -0.481. The maximum Gasteiger partial charge on any atom is 0.493 e. The van der Waals surface area contributed by atoms with Crippen molar-refractivity contribution in [1.82, 2.24) is 0 Å². The molecule has 0 amide bonds. The van der Waals surface area contributed by atoms with Gasteiger partial charge in [-0.25, -0.2) is 14.3 Å². The van der Waals surface area contributed by atoms with Crippen molar-refractivity contribution >= 4 is 5.97 Å². The number of rotatable bonds is 6. The summed E-state index contributed by atoms with van der Waals surface area (Å²) < 4.78 is 237. The minimum Gasteiger partial charge on any atom is -0.392 e. The molecule has 0 spiro atoms. The van der Waals surface area contributed by atoms with E-state index in [0.717, 1.165) is 0 Å². The molecule has 1 aliphatic heterocycles. The Bertz CT molecular complexity index is 772. The van der Waals surface area contributed by atoms with Crippen LogP contribution in [0.3, 0.4) is 0 Å². The molecule has 33 heavy (non-hydrogen) atoms. The Kier molecular flexibility index (Phi) is 6.44. The third-order valence-electron chi connectivity index (χ3n) is 3.09. The molecular weight excluding hydrogens is 542 g/mol. The van der Waals surface area contributed by atoms with Gasteiger partial charge in [-0.2, -0.15) is 70.2 Å².